The zero-order valence-electron chi connectivity index (χ0n) is 14.1. The van der Waals surface area contributed by atoms with Crippen LogP contribution in [0.1, 0.15) is 5.56 Å². The zero-order chi connectivity index (χ0) is 18.7. The molecule has 0 saturated carbocycles. The fourth-order valence-corrected chi connectivity index (χ4v) is 2.87. The number of halogens is 2. The standard InChI is InChI=1S/C18H16Cl2N4O2/c1-24(2)16-6-4-3-5-11(16)10-26-18-21-9-15(22-23-18)12-7-13(19)17(25)14(20)8-12/h3-9,25H,10H2,1-2H3. The number of rotatable bonds is 5. The molecule has 3 aromatic rings. The Balaban J connectivity index is 1.75. The first-order chi connectivity index (χ1) is 12.5. The third-order valence-corrected chi connectivity index (χ3v) is 4.26. The Hall–Kier alpha value is -2.57. The second kappa shape index (κ2) is 7.76. The number of aromatic hydroxyl groups is 1. The van der Waals surface area contributed by atoms with E-state index in [9.17, 15) is 5.11 Å². The lowest BCUT2D eigenvalue weighted by molar-refractivity contribution is 0.277. The molecule has 0 fully saturated rings. The first-order valence-electron chi connectivity index (χ1n) is 7.72. The first kappa shape index (κ1) is 18.2. The summed E-state index contributed by atoms with van der Waals surface area (Å²) in [4.78, 5) is 6.18. The highest BCUT2D eigenvalue weighted by atomic mass is 35.5. The van der Waals surface area contributed by atoms with Crippen molar-refractivity contribution >= 4 is 28.9 Å². The van der Waals surface area contributed by atoms with Gasteiger partial charge in [-0.3, -0.25) is 0 Å². The fourth-order valence-electron chi connectivity index (χ4n) is 2.39. The molecule has 0 aliphatic carbocycles. The molecular weight excluding hydrogens is 375 g/mol. The van der Waals surface area contributed by atoms with Gasteiger partial charge in [0.15, 0.2) is 5.75 Å². The van der Waals surface area contributed by atoms with Crippen molar-refractivity contribution in [3.63, 3.8) is 0 Å². The maximum absolute atomic E-state index is 9.62. The topological polar surface area (TPSA) is 71.4 Å². The lowest BCUT2D eigenvalue weighted by Gasteiger charge is -2.17. The van der Waals surface area contributed by atoms with Crippen molar-refractivity contribution in [3.05, 3.63) is 58.2 Å². The van der Waals surface area contributed by atoms with E-state index in [1.54, 1.807) is 12.1 Å². The smallest absolute Gasteiger partial charge is 0.336 e. The van der Waals surface area contributed by atoms with E-state index in [1.807, 2.05) is 43.3 Å². The van der Waals surface area contributed by atoms with Crippen molar-refractivity contribution < 1.29 is 9.84 Å². The number of phenols is 1. The van der Waals surface area contributed by atoms with Gasteiger partial charge in [0.1, 0.15) is 12.3 Å². The van der Waals surface area contributed by atoms with E-state index < -0.39 is 0 Å². The molecule has 0 amide bonds. The minimum atomic E-state index is -0.169. The summed E-state index contributed by atoms with van der Waals surface area (Å²) >= 11 is 11.9. The molecule has 1 heterocycles. The van der Waals surface area contributed by atoms with E-state index in [1.165, 1.54) is 6.20 Å². The van der Waals surface area contributed by atoms with Crippen molar-refractivity contribution in [2.45, 2.75) is 6.61 Å². The van der Waals surface area contributed by atoms with Crippen LogP contribution in [0.15, 0.2) is 42.6 Å². The van der Waals surface area contributed by atoms with Crippen LogP contribution in [0.2, 0.25) is 10.0 Å². The minimum absolute atomic E-state index is 0.134. The molecule has 0 radical (unpaired) electrons. The molecule has 0 spiro atoms. The Morgan fingerprint density at radius 1 is 1.08 bits per heavy atom. The maximum Gasteiger partial charge on any atom is 0.336 e. The normalized spacial score (nSPS) is 10.6. The fraction of sp³-hybridized carbons (Fsp3) is 0.167. The SMILES string of the molecule is CN(C)c1ccccc1COc1ncc(-c2cc(Cl)c(O)c(Cl)c2)nn1. The minimum Gasteiger partial charge on any atom is -0.505 e. The van der Waals surface area contributed by atoms with Crippen LogP contribution in [-0.4, -0.2) is 34.4 Å². The number of nitrogens with zero attached hydrogens (tertiary/aromatic N) is 4. The number of hydrogen-bond acceptors (Lipinski definition) is 6. The predicted octanol–water partition coefficient (Wildman–Crippen LogP) is 4.20. The summed E-state index contributed by atoms with van der Waals surface area (Å²) in [6.45, 7) is 0.326. The molecule has 134 valence electrons. The summed E-state index contributed by atoms with van der Waals surface area (Å²) in [7, 11) is 3.94. The molecular formula is C18H16Cl2N4O2. The summed E-state index contributed by atoms with van der Waals surface area (Å²) in [5, 5.41) is 18.0. The van der Waals surface area contributed by atoms with Crippen molar-refractivity contribution in [2.75, 3.05) is 19.0 Å². The Morgan fingerprint density at radius 2 is 1.77 bits per heavy atom. The summed E-state index contributed by atoms with van der Waals surface area (Å²) in [6, 6.07) is 11.2. The number of ether oxygens (including phenoxy) is 1. The number of aromatic nitrogens is 3. The predicted molar refractivity (Wildman–Crippen MR) is 102 cm³/mol. The van der Waals surface area contributed by atoms with Crippen LogP contribution in [0.3, 0.4) is 0 Å². The Kier molecular flexibility index (Phi) is 5.44. The Bertz CT molecular complexity index is 894. The first-order valence-corrected chi connectivity index (χ1v) is 8.47. The lowest BCUT2D eigenvalue weighted by Crippen LogP contribution is -2.12. The molecule has 0 atom stereocenters. The molecule has 0 aliphatic rings. The number of hydrogen-bond donors (Lipinski definition) is 1. The molecule has 0 aliphatic heterocycles. The molecule has 2 aromatic carbocycles. The van der Waals surface area contributed by atoms with Gasteiger partial charge < -0.3 is 14.7 Å². The van der Waals surface area contributed by atoms with Crippen molar-refractivity contribution in [1.29, 1.82) is 0 Å². The van der Waals surface area contributed by atoms with E-state index in [0.29, 0.717) is 17.9 Å². The molecule has 3 rings (SSSR count). The van der Waals surface area contributed by atoms with Crippen LogP contribution in [0.5, 0.6) is 11.8 Å². The summed E-state index contributed by atoms with van der Waals surface area (Å²) in [5.74, 6) is -0.169. The number of anilines is 1. The molecule has 0 unspecified atom stereocenters. The van der Waals surface area contributed by atoms with Crippen LogP contribution in [0.4, 0.5) is 5.69 Å². The molecule has 8 heteroatoms. The number of phenolic OH excluding ortho intramolecular Hbond substituents is 1. The van der Waals surface area contributed by atoms with Crippen LogP contribution < -0.4 is 9.64 Å². The second-order valence-electron chi connectivity index (χ2n) is 5.73. The third kappa shape index (κ3) is 3.98. The Labute approximate surface area is 161 Å². The third-order valence-electron chi connectivity index (χ3n) is 3.68. The van der Waals surface area contributed by atoms with Gasteiger partial charge in [0, 0.05) is 30.9 Å². The zero-order valence-corrected chi connectivity index (χ0v) is 15.7. The summed E-state index contributed by atoms with van der Waals surface area (Å²) in [5.41, 5.74) is 3.14. The molecule has 1 aromatic heterocycles. The van der Waals surface area contributed by atoms with Crippen molar-refractivity contribution in [3.8, 4) is 23.0 Å². The highest BCUT2D eigenvalue weighted by molar-refractivity contribution is 6.37. The Morgan fingerprint density at radius 3 is 2.38 bits per heavy atom. The van der Waals surface area contributed by atoms with Crippen LogP contribution in [-0.2, 0) is 6.61 Å². The van der Waals surface area contributed by atoms with Gasteiger partial charge in [-0.25, -0.2) is 4.98 Å². The van der Waals surface area contributed by atoms with E-state index >= 15 is 0 Å². The van der Waals surface area contributed by atoms with Crippen LogP contribution in [0, 0.1) is 0 Å². The second-order valence-corrected chi connectivity index (χ2v) is 6.54. The molecule has 0 saturated heterocycles. The molecule has 1 N–H and O–H groups in total. The van der Waals surface area contributed by atoms with Crippen LogP contribution in [0.25, 0.3) is 11.3 Å². The van der Waals surface area contributed by atoms with E-state index in [0.717, 1.165) is 11.3 Å². The van der Waals surface area contributed by atoms with Gasteiger partial charge in [-0.15, -0.1) is 5.10 Å². The van der Waals surface area contributed by atoms with Crippen molar-refractivity contribution in [1.82, 2.24) is 15.2 Å². The van der Waals surface area contributed by atoms with E-state index in [2.05, 4.69) is 15.2 Å². The van der Waals surface area contributed by atoms with Gasteiger partial charge in [0.25, 0.3) is 0 Å². The van der Waals surface area contributed by atoms with Crippen molar-refractivity contribution in [2.24, 2.45) is 0 Å². The monoisotopic (exact) mass is 390 g/mol. The van der Waals surface area contributed by atoms with Gasteiger partial charge in [0.2, 0.25) is 0 Å². The quantitative estimate of drug-likeness (QED) is 0.703. The van der Waals surface area contributed by atoms with Gasteiger partial charge in [0.05, 0.1) is 16.2 Å². The van der Waals surface area contributed by atoms with Crippen LogP contribution >= 0.6 is 23.2 Å². The highest BCUT2D eigenvalue weighted by Crippen LogP contribution is 2.35. The average molecular weight is 391 g/mol. The molecule has 6 nitrogen and oxygen atoms in total. The number of benzene rings is 2. The lowest BCUT2D eigenvalue weighted by atomic mass is 10.1. The molecule has 26 heavy (non-hydrogen) atoms. The summed E-state index contributed by atoms with van der Waals surface area (Å²) < 4.78 is 5.64. The van der Waals surface area contributed by atoms with Gasteiger partial charge >= 0.3 is 6.01 Å². The van der Waals surface area contributed by atoms with Gasteiger partial charge in [-0.2, -0.15) is 0 Å². The van der Waals surface area contributed by atoms with Gasteiger partial charge in [-0.05, 0) is 18.2 Å². The highest BCUT2D eigenvalue weighted by Gasteiger charge is 2.11. The van der Waals surface area contributed by atoms with E-state index in [4.69, 9.17) is 27.9 Å². The summed E-state index contributed by atoms with van der Waals surface area (Å²) in [6.07, 6.45) is 1.51. The number of para-hydroxylation sites is 1. The van der Waals surface area contributed by atoms with E-state index in [-0.39, 0.29) is 21.8 Å². The maximum atomic E-state index is 9.62. The average Bonchev–Trinajstić information content (AvgIpc) is 2.64. The molecule has 0 bridgehead atoms. The van der Waals surface area contributed by atoms with Gasteiger partial charge in [-0.1, -0.05) is 46.5 Å². The largest absolute Gasteiger partial charge is 0.505 e.